The van der Waals surface area contributed by atoms with Crippen LogP contribution >= 0.6 is 11.3 Å². The van der Waals surface area contributed by atoms with E-state index in [-0.39, 0.29) is 27.8 Å². The summed E-state index contributed by atoms with van der Waals surface area (Å²) in [7, 11) is 0. The molecule has 118 valence electrons. The van der Waals surface area contributed by atoms with Gasteiger partial charge in [0.1, 0.15) is 11.1 Å². The zero-order valence-electron chi connectivity index (χ0n) is 11.9. The number of nitrogens with one attached hydrogen (secondary N) is 1. The van der Waals surface area contributed by atoms with Crippen LogP contribution in [0.25, 0.3) is 33.3 Å². The summed E-state index contributed by atoms with van der Waals surface area (Å²) in [5.41, 5.74) is -0.608. The molecule has 0 aliphatic carbocycles. The van der Waals surface area contributed by atoms with E-state index in [4.69, 9.17) is 4.42 Å². The lowest BCUT2D eigenvalue weighted by Crippen LogP contribution is -2.18. The summed E-state index contributed by atoms with van der Waals surface area (Å²) in [4.78, 5) is 41.2. The third-order valence-corrected chi connectivity index (χ3v) is 4.23. The minimum absolute atomic E-state index is 0.0474. The van der Waals surface area contributed by atoms with Crippen LogP contribution in [0.2, 0.25) is 0 Å². The Balaban J connectivity index is 2.07. The third kappa shape index (κ3) is 2.12. The predicted molar refractivity (Wildman–Crippen MR) is 89.7 cm³/mol. The molecule has 4 aromatic rings. The van der Waals surface area contributed by atoms with Crippen molar-refractivity contribution < 1.29 is 9.52 Å². The first kappa shape index (κ1) is 14.3. The van der Waals surface area contributed by atoms with Crippen molar-refractivity contribution in [2.75, 3.05) is 0 Å². The number of hydrogen-bond acceptors (Lipinski definition) is 7. The van der Waals surface area contributed by atoms with Crippen molar-refractivity contribution in [2.45, 2.75) is 0 Å². The van der Waals surface area contributed by atoms with Crippen LogP contribution in [0.4, 0.5) is 0 Å². The van der Waals surface area contributed by atoms with Gasteiger partial charge in [-0.3, -0.25) is 19.4 Å². The van der Waals surface area contributed by atoms with Gasteiger partial charge in [-0.2, -0.15) is 0 Å². The van der Waals surface area contributed by atoms with Crippen LogP contribution in [0.15, 0.2) is 55.2 Å². The maximum Gasteiger partial charge on any atom is 0.310 e. The van der Waals surface area contributed by atoms with E-state index in [0.29, 0.717) is 22.3 Å². The van der Waals surface area contributed by atoms with E-state index < -0.39 is 15.5 Å². The first-order chi connectivity index (χ1) is 11.5. The second-order valence-electron chi connectivity index (χ2n) is 5.00. The van der Waals surface area contributed by atoms with Crippen molar-refractivity contribution in [2.24, 2.45) is 0 Å². The Labute approximate surface area is 136 Å². The first-order valence-electron chi connectivity index (χ1n) is 6.84. The highest BCUT2D eigenvalue weighted by Gasteiger charge is 2.16. The van der Waals surface area contributed by atoms with Gasteiger partial charge in [0, 0.05) is 0 Å². The van der Waals surface area contributed by atoms with Gasteiger partial charge < -0.3 is 9.52 Å². The van der Waals surface area contributed by atoms with E-state index in [9.17, 15) is 19.5 Å². The Morgan fingerprint density at radius 1 is 1.04 bits per heavy atom. The highest BCUT2D eigenvalue weighted by Crippen LogP contribution is 2.27. The average Bonchev–Trinajstić information content (AvgIpc) is 2.54. The molecule has 0 amide bonds. The minimum atomic E-state index is -0.758. The quantitative estimate of drug-likeness (QED) is 0.511. The van der Waals surface area contributed by atoms with Gasteiger partial charge in [-0.15, -0.1) is 0 Å². The van der Waals surface area contributed by atoms with Crippen LogP contribution in [0, 0.1) is 0 Å². The molecular formula is C16H8N2O5S. The molecule has 0 fully saturated rings. The molecule has 4 rings (SSSR count). The van der Waals surface area contributed by atoms with Crippen molar-refractivity contribution in [3.63, 3.8) is 0 Å². The average molecular weight is 340 g/mol. The summed E-state index contributed by atoms with van der Waals surface area (Å²) in [6, 6.07) is 9.66. The Kier molecular flexibility index (Phi) is 3.07. The standard InChI is InChI=1S/C16H8N2O5S/c19-12-7-3-1-2-4-10(7)23-14-8(12)5-6-9(17-14)11-13(20)18-16(22)24-15(11)21/h1-6,21H,(H,18,20,22). The second-order valence-corrected chi connectivity index (χ2v) is 5.96. The number of pyridine rings is 1. The number of nitrogens with zero attached hydrogens (tertiary/aromatic N) is 1. The Hall–Kier alpha value is -3.26. The third-order valence-electron chi connectivity index (χ3n) is 3.55. The van der Waals surface area contributed by atoms with Gasteiger partial charge >= 0.3 is 4.87 Å². The van der Waals surface area contributed by atoms with E-state index >= 15 is 0 Å². The molecule has 8 heteroatoms. The maximum absolute atomic E-state index is 12.5. The molecule has 0 radical (unpaired) electrons. The molecule has 0 aliphatic heterocycles. The summed E-state index contributed by atoms with van der Waals surface area (Å²) in [5.74, 6) is 0. The van der Waals surface area contributed by atoms with Crippen LogP contribution < -0.4 is 15.9 Å². The lowest BCUT2D eigenvalue weighted by molar-refractivity contribution is 0.490. The summed E-state index contributed by atoms with van der Waals surface area (Å²) in [6.07, 6.45) is 0. The number of aromatic nitrogens is 2. The number of H-pyrrole nitrogens is 1. The normalized spacial score (nSPS) is 11.2. The van der Waals surface area contributed by atoms with E-state index in [0.717, 1.165) is 0 Å². The van der Waals surface area contributed by atoms with Crippen molar-refractivity contribution in [3.05, 3.63) is 66.6 Å². The zero-order valence-corrected chi connectivity index (χ0v) is 12.7. The molecule has 3 aromatic heterocycles. The molecule has 0 saturated heterocycles. The van der Waals surface area contributed by atoms with Crippen molar-refractivity contribution in [1.29, 1.82) is 0 Å². The van der Waals surface area contributed by atoms with Gasteiger partial charge in [0.25, 0.3) is 5.56 Å². The minimum Gasteiger partial charge on any atom is -0.499 e. The number of rotatable bonds is 1. The number of para-hydroxylation sites is 1. The molecule has 1 aromatic carbocycles. The molecule has 24 heavy (non-hydrogen) atoms. The molecule has 0 unspecified atom stereocenters. The number of fused-ring (bicyclic) bond motifs is 2. The maximum atomic E-state index is 12.5. The van der Waals surface area contributed by atoms with Gasteiger partial charge in [0.05, 0.1) is 16.5 Å². The Bertz CT molecular complexity index is 1290. The van der Waals surface area contributed by atoms with Gasteiger partial charge in [0.2, 0.25) is 11.1 Å². The van der Waals surface area contributed by atoms with Crippen LogP contribution in [-0.4, -0.2) is 15.1 Å². The topological polar surface area (TPSA) is 113 Å². The smallest absolute Gasteiger partial charge is 0.310 e. The fraction of sp³-hybridized carbons (Fsp3) is 0. The lowest BCUT2D eigenvalue weighted by Gasteiger charge is -2.04. The van der Waals surface area contributed by atoms with E-state index in [1.165, 1.54) is 12.1 Å². The lowest BCUT2D eigenvalue weighted by atomic mass is 10.1. The zero-order chi connectivity index (χ0) is 16.8. The van der Waals surface area contributed by atoms with Crippen LogP contribution in [0.5, 0.6) is 5.06 Å². The summed E-state index contributed by atoms with van der Waals surface area (Å²) in [5, 5.41) is 10.1. The number of aromatic amines is 1. The molecule has 3 heterocycles. The fourth-order valence-corrected chi connectivity index (χ4v) is 3.08. The van der Waals surface area contributed by atoms with Gasteiger partial charge in [-0.25, -0.2) is 4.98 Å². The molecular weight excluding hydrogens is 332 g/mol. The molecule has 0 saturated carbocycles. The number of benzene rings is 1. The van der Waals surface area contributed by atoms with E-state index in [1.54, 1.807) is 24.3 Å². The SMILES string of the molecule is O=c1[nH]c(=O)c(-c2ccc3c(=O)c4ccccc4oc3n2)c(O)s1. The summed E-state index contributed by atoms with van der Waals surface area (Å²) >= 11 is 0.491. The molecule has 0 spiro atoms. The van der Waals surface area contributed by atoms with E-state index in [1.807, 2.05) is 0 Å². The molecule has 0 bridgehead atoms. The molecule has 0 aliphatic rings. The highest BCUT2D eigenvalue weighted by molar-refractivity contribution is 7.11. The van der Waals surface area contributed by atoms with Gasteiger partial charge in [-0.1, -0.05) is 12.1 Å². The van der Waals surface area contributed by atoms with Crippen LogP contribution in [0.1, 0.15) is 0 Å². The first-order valence-corrected chi connectivity index (χ1v) is 7.65. The van der Waals surface area contributed by atoms with Crippen molar-refractivity contribution in [3.8, 4) is 16.3 Å². The monoisotopic (exact) mass is 340 g/mol. The van der Waals surface area contributed by atoms with Gasteiger partial charge in [-0.05, 0) is 35.6 Å². The Morgan fingerprint density at radius 3 is 2.62 bits per heavy atom. The van der Waals surface area contributed by atoms with Crippen LogP contribution in [0.3, 0.4) is 0 Å². The predicted octanol–water partition coefficient (Wildman–Crippen LogP) is 1.82. The van der Waals surface area contributed by atoms with Crippen molar-refractivity contribution in [1.82, 2.24) is 9.97 Å². The summed E-state index contributed by atoms with van der Waals surface area (Å²) < 4.78 is 5.63. The molecule has 0 atom stereocenters. The highest BCUT2D eigenvalue weighted by atomic mass is 32.1. The number of hydrogen-bond donors (Lipinski definition) is 2. The Morgan fingerprint density at radius 2 is 1.83 bits per heavy atom. The largest absolute Gasteiger partial charge is 0.499 e. The second kappa shape index (κ2) is 5.14. The van der Waals surface area contributed by atoms with E-state index in [2.05, 4.69) is 9.97 Å². The molecule has 2 N–H and O–H groups in total. The molecule has 7 nitrogen and oxygen atoms in total. The van der Waals surface area contributed by atoms with Crippen LogP contribution in [-0.2, 0) is 0 Å². The summed E-state index contributed by atoms with van der Waals surface area (Å²) in [6.45, 7) is 0. The fourth-order valence-electron chi connectivity index (χ4n) is 2.47. The van der Waals surface area contributed by atoms with Crippen molar-refractivity contribution >= 4 is 33.4 Å². The number of aromatic hydroxyl groups is 1. The van der Waals surface area contributed by atoms with Gasteiger partial charge in [0.15, 0.2) is 5.06 Å².